The van der Waals surface area contributed by atoms with Crippen molar-refractivity contribution in [3.8, 4) is 11.5 Å². The van der Waals surface area contributed by atoms with E-state index in [1.54, 1.807) is 14.2 Å². The van der Waals surface area contributed by atoms with Crippen molar-refractivity contribution in [2.24, 2.45) is 0 Å². The lowest BCUT2D eigenvalue weighted by molar-refractivity contribution is 0.399. The molecule has 0 aromatic heterocycles. The van der Waals surface area contributed by atoms with Crippen LogP contribution in [-0.4, -0.2) is 14.2 Å². The molecule has 0 saturated carbocycles. The Balaban J connectivity index is 2.53. The second-order valence-electron chi connectivity index (χ2n) is 4.93. The first-order valence-electron chi connectivity index (χ1n) is 6.60. The Hall–Kier alpha value is -1.19. The van der Waals surface area contributed by atoms with Gasteiger partial charge in [-0.3, -0.25) is 0 Å². The van der Waals surface area contributed by atoms with Gasteiger partial charge in [0, 0.05) is 10.6 Å². The quantitative estimate of drug-likeness (QED) is 0.666. The predicted molar refractivity (Wildman–Crippen MR) is 91.2 cm³/mol. The van der Waals surface area contributed by atoms with Gasteiger partial charge in [-0.15, -0.1) is 0 Å². The van der Waals surface area contributed by atoms with Crippen molar-refractivity contribution in [3.05, 3.63) is 57.6 Å². The highest BCUT2D eigenvalue weighted by molar-refractivity contribution is 9.09. The van der Waals surface area contributed by atoms with E-state index in [9.17, 15) is 0 Å². The van der Waals surface area contributed by atoms with Gasteiger partial charge < -0.3 is 9.47 Å². The fraction of sp³-hybridized carbons (Fsp3) is 0.294. The number of alkyl halides is 1. The Morgan fingerprint density at radius 3 is 2.24 bits per heavy atom. The Morgan fingerprint density at radius 2 is 1.62 bits per heavy atom. The van der Waals surface area contributed by atoms with Crippen LogP contribution in [0.1, 0.15) is 27.1 Å². The molecule has 0 aliphatic rings. The van der Waals surface area contributed by atoms with Crippen LogP contribution in [0, 0.1) is 13.8 Å². The fourth-order valence-electron chi connectivity index (χ4n) is 2.20. The van der Waals surface area contributed by atoms with E-state index in [0.29, 0.717) is 0 Å². The number of hydrogen-bond donors (Lipinski definition) is 0. The summed E-state index contributed by atoms with van der Waals surface area (Å²) in [7, 11) is 3.31. The molecular weight excluding hydrogens is 352 g/mol. The van der Waals surface area contributed by atoms with E-state index in [1.165, 1.54) is 11.1 Å². The van der Waals surface area contributed by atoms with Gasteiger partial charge in [0.15, 0.2) is 0 Å². The first-order chi connectivity index (χ1) is 9.97. The average Bonchev–Trinajstić information content (AvgIpc) is 2.49. The lowest BCUT2D eigenvalue weighted by Crippen LogP contribution is -2.00. The van der Waals surface area contributed by atoms with Gasteiger partial charge >= 0.3 is 0 Å². The molecule has 0 bridgehead atoms. The van der Waals surface area contributed by atoms with Crippen LogP contribution in [0.2, 0.25) is 5.02 Å². The smallest absolute Gasteiger partial charge is 0.123 e. The zero-order chi connectivity index (χ0) is 15.6. The van der Waals surface area contributed by atoms with Crippen molar-refractivity contribution in [2.75, 3.05) is 14.2 Å². The summed E-state index contributed by atoms with van der Waals surface area (Å²) in [5, 5.41) is 0.741. The standard InChI is InChI=1S/C17H18BrClO2/c1-10-7-13(15(19)8-11(10)2)17(18)14-9-12(20-3)5-6-16(14)21-4/h5-9,17H,1-4H3. The first-order valence-corrected chi connectivity index (χ1v) is 7.90. The molecule has 2 aromatic rings. The van der Waals surface area contributed by atoms with E-state index < -0.39 is 0 Å². The van der Waals surface area contributed by atoms with Crippen molar-refractivity contribution in [3.63, 3.8) is 0 Å². The second-order valence-corrected chi connectivity index (χ2v) is 6.25. The van der Waals surface area contributed by atoms with E-state index in [1.807, 2.05) is 24.3 Å². The van der Waals surface area contributed by atoms with Crippen molar-refractivity contribution >= 4 is 27.5 Å². The highest BCUT2D eigenvalue weighted by Gasteiger charge is 2.19. The summed E-state index contributed by atoms with van der Waals surface area (Å²) >= 11 is 10.2. The van der Waals surface area contributed by atoms with Gasteiger partial charge in [-0.1, -0.05) is 33.6 Å². The van der Waals surface area contributed by atoms with Gasteiger partial charge in [0.25, 0.3) is 0 Å². The van der Waals surface area contributed by atoms with Gasteiger partial charge in [0.2, 0.25) is 0 Å². The zero-order valence-corrected chi connectivity index (χ0v) is 14.9. The van der Waals surface area contributed by atoms with Crippen molar-refractivity contribution in [1.82, 2.24) is 0 Å². The molecule has 2 aromatic carbocycles. The van der Waals surface area contributed by atoms with Crippen LogP contribution in [0.15, 0.2) is 30.3 Å². The molecule has 0 radical (unpaired) electrons. The average molecular weight is 370 g/mol. The van der Waals surface area contributed by atoms with Crippen molar-refractivity contribution in [2.45, 2.75) is 18.7 Å². The molecule has 4 heteroatoms. The molecule has 0 fully saturated rings. The van der Waals surface area contributed by atoms with Crippen LogP contribution in [0.5, 0.6) is 11.5 Å². The lowest BCUT2D eigenvalue weighted by atomic mass is 9.99. The van der Waals surface area contributed by atoms with E-state index in [4.69, 9.17) is 21.1 Å². The highest BCUT2D eigenvalue weighted by atomic mass is 79.9. The monoisotopic (exact) mass is 368 g/mol. The largest absolute Gasteiger partial charge is 0.497 e. The lowest BCUT2D eigenvalue weighted by Gasteiger charge is -2.18. The van der Waals surface area contributed by atoms with Gasteiger partial charge in [-0.25, -0.2) is 0 Å². The predicted octanol–water partition coefficient (Wildman–Crippen LogP) is 5.46. The van der Waals surface area contributed by atoms with E-state index in [0.717, 1.165) is 27.6 Å². The number of hydrogen-bond acceptors (Lipinski definition) is 2. The third-order valence-corrected chi connectivity index (χ3v) is 4.91. The van der Waals surface area contributed by atoms with E-state index in [2.05, 4.69) is 35.8 Å². The van der Waals surface area contributed by atoms with E-state index in [-0.39, 0.29) is 4.83 Å². The van der Waals surface area contributed by atoms with Crippen molar-refractivity contribution in [1.29, 1.82) is 0 Å². The summed E-state index contributed by atoms with van der Waals surface area (Å²) in [6, 6.07) is 9.84. The normalized spacial score (nSPS) is 12.1. The van der Waals surface area contributed by atoms with E-state index >= 15 is 0 Å². The number of aryl methyl sites for hydroxylation is 2. The van der Waals surface area contributed by atoms with Crippen LogP contribution >= 0.6 is 27.5 Å². The minimum absolute atomic E-state index is 0.0608. The van der Waals surface area contributed by atoms with Crippen molar-refractivity contribution < 1.29 is 9.47 Å². The SMILES string of the molecule is COc1ccc(OC)c(C(Br)c2cc(C)c(C)cc2Cl)c1. The molecule has 2 rings (SSSR count). The summed E-state index contributed by atoms with van der Waals surface area (Å²) in [5.74, 6) is 1.59. The molecule has 1 unspecified atom stereocenters. The molecular formula is C17H18BrClO2. The third kappa shape index (κ3) is 3.35. The van der Waals surface area contributed by atoms with Crippen LogP contribution in [0.4, 0.5) is 0 Å². The minimum atomic E-state index is -0.0608. The van der Waals surface area contributed by atoms with Gasteiger partial charge in [-0.2, -0.15) is 0 Å². The molecule has 0 aliphatic carbocycles. The molecule has 1 atom stereocenters. The van der Waals surface area contributed by atoms with Crippen LogP contribution in [0.25, 0.3) is 0 Å². The summed E-state index contributed by atoms with van der Waals surface area (Å²) in [6.07, 6.45) is 0. The Kier molecular flexibility index (Phi) is 5.17. The number of rotatable bonds is 4. The Labute approximate surface area is 139 Å². The molecule has 0 heterocycles. The molecule has 0 amide bonds. The van der Waals surface area contributed by atoms with Gasteiger partial charge in [0.1, 0.15) is 11.5 Å². The Morgan fingerprint density at radius 1 is 0.952 bits per heavy atom. The molecule has 0 spiro atoms. The summed E-state index contributed by atoms with van der Waals surface area (Å²) in [4.78, 5) is -0.0608. The second kappa shape index (κ2) is 6.71. The third-order valence-electron chi connectivity index (χ3n) is 3.60. The maximum atomic E-state index is 6.41. The highest BCUT2D eigenvalue weighted by Crippen LogP contribution is 2.41. The number of halogens is 2. The Bertz CT molecular complexity index is 655. The van der Waals surface area contributed by atoms with Gasteiger partial charge in [-0.05, 0) is 54.8 Å². The topological polar surface area (TPSA) is 18.5 Å². The van der Waals surface area contributed by atoms with Gasteiger partial charge in [0.05, 0.1) is 19.0 Å². The fourth-order valence-corrected chi connectivity index (χ4v) is 3.40. The van der Waals surface area contributed by atoms with Crippen LogP contribution in [0.3, 0.4) is 0 Å². The minimum Gasteiger partial charge on any atom is -0.497 e. The first kappa shape index (κ1) is 16.2. The molecule has 0 N–H and O–H groups in total. The maximum Gasteiger partial charge on any atom is 0.123 e. The summed E-state index contributed by atoms with van der Waals surface area (Å²) in [6.45, 7) is 4.14. The molecule has 2 nitrogen and oxygen atoms in total. The molecule has 0 aliphatic heterocycles. The summed E-state index contributed by atoms with van der Waals surface area (Å²) < 4.78 is 10.8. The van der Waals surface area contributed by atoms with Crippen LogP contribution in [-0.2, 0) is 0 Å². The van der Waals surface area contributed by atoms with Crippen LogP contribution < -0.4 is 9.47 Å². The molecule has 0 saturated heterocycles. The molecule has 112 valence electrons. The molecule has 21 heavy (non-hydrogen) atoms. The number of ether oxygens (including phenoxy) is 2. The maximum absolute atomic E-state index is 6.41. The number of benzene rings is 2. The summed E-state index contributed by atoms with van der Waals surface area (Å²) in [5.41, 5.74) is 4.40. The zero-order valence-electron chi connectivity index (χ0n) is 12.5. The number of methoxy groups -OCH3 is 2.